The number of aromatic nitrogens is 1. The molecule has 2 aliphatic carbocycles. The van der Waals surface area contributed by atoms with Crippen LogP contribution >= 0.6 is 0 Å². The van der Waals surface area contributed by atoms with Crippen molar-refractivity contribution in [3.05, 3.63) is 101 Å². The molecule has 3 aromatic carbocycles. The van der Waals surface area contributed by atoms with Crippen molar-refractivity contribution in [3.63, 3.8) is 0 Å². The van der Waals surface area contributed by atoms with Crippen molar-refractivity contribution in [2.24, 2.45) is 0 Å². The zero-order valence-corrected chi connectivity index (χ0v) is 22.4. The van der Waals surface area contributed by atoms with E-state index in [1.165, 1.54) is 44.8 Å². The molecule has 1 spiro atoms. The molecular weight excluding hydrogens is 595 g/mol. The summed E-state index contributed by atoms with van der Waals surface area (Å²) < 4.78 is 0. The maximum atomic E-state index is 4.56. The van der Waals surface area contributed by atoms with Gasteiger partial charge in [0.1, 0.15) is 0 Å². The van der Waals surface area contributed by atoms with Crippen molar-refractivity contribution >= 4 is 11.4 Å². The van der Waals surface area contributed by atoms with E-state index >= 15 is 0 Å². The van der Waals surface area contributed by atoms with Gasteiger partial charge in [-0.3, -0.25) is 0 Å². The fourth-order valence-electron chi connectivity index (χ4n) is 5.69. The SMILES string of the molecule is CN(C)c1ccc2c(c1)C1(Cc3c[c-]c(-c4ccccn4)cc3C1)c1cc(N(C)C)ccc1-2.[Ir]. The Morgan fingerprint density at radius 2 is 1.38 bits per heavy atom. The third-order valence-corrected chi connectivity index (χ3v) is 7.42. The van der Waals surface area contributed by atoms with Crippen LogP contribution in [0.5, 0.6) is 0 Å². The van der Waals surface area contributed by atoms with Crippen LogP contribution in [0.4, 0.5) is 11.4 Å². The second kappa shape index (κ2) is 8.37. The van der Waals surface area contributed by atoms with Gasteiger partial charge in [-0.25, -0.2) is 0 Å². The fraction of sp³-hybridized carbons (Fsp3) is 0.233. The zero-order valence-electron chi connectivity index (χ0n) is 20.0. The molecule has 0 saturated heterocycles. The molecule has 0 saturated carbocycles. The third-order valence-electron chi connectivity index (χ3n) is 7.42. The van der Waals surface area contributed by atoms with Crippen LogP contribution in [0.2, 0.25) is 0 Å². The van der Waals surface area contributed by atoms with Crippen LogP contribution in [0.1, 0.15) is 22.3 Å². The first-order valence-electron chi connectivity index (χ1n) is 11.6. The Morgan fingerprint density at radius 1 is 0.765 bits per heavy atom. The molecule has 3 nitrogen and oxygen atoms in total. The molecule has 0 amide bonds. The van der Waals surface area contributed by atoms with Crippen molar-refractivity contribution < 1.29 is 20.1 Å². The van der Waals surface area contributed by atoms with Crippen molar-refractivity contribution in [1.29, 1.82) is 0 Å². The largest absolute Gasteiger partial charge is 0.378 e. The maximum Gasteiger partial charge on any atom is 0.0364 e. The number of hydrogen-bond donors (Lipinski definition) is 0. The first-order valence-corrected chi connectivity index (χ1v) is 11.6. The van der Waals surface area contributed by atoms with Gasteiger partial charge in [0.05, 0.1) is 0 Å². The Morgan fingerprint density at radius 3 is 1.94 bits per heavy atom. The quantitative estimate of drug-likeness (QED) is 0.272. The summed E-state index contributed by atoms with van der Waals surface area (Å²) in [5.41, 5.74) is 13.0. The first kappa shape index (κ1) is 22.8. The minimum Gasteiger partial charge on any atom is -0.378 e. The molecule has 1 radical (unpaired) electrons. The van der Waals surface area contributed by atoms with Crippen molar-refractivity contribution in [2.75, 3.05) is 38.0 Å². The van der Waals surface area contributed by atoms with E-state index < -0.39 is 0 Å². The average Bonchev–Trinajstić information content (AvgIpc) is 3.34. The smallest absolute Gasteiger partial charge is 0.0364 e. The van der Waals surface area contributed by atoms with Crippen LogP contribution in [0, 0.1) is 6.07 Å². The van der Waals surface area contributed by atoms with Gasteiger partial charge in [-0.05, 0) is 71.1 Å². The minimum absolute atomic E-state index is 0. The molecule has 0 unspecified atom stereocenters. The van der Waals surface area contributed by atoms with Crippen molar-refractivity contribution in [1.82, 2.24) is 4.98 Å². The predicted molar refractivity (Wildman–Crippen MR) is 137 cm³/mol. The van der Waals surface area contributed by atoms with E-state index in [0.29, 0.717) is 0 Å². The Labute approximate surface area is 215 Å². The summed E-state index contributed by atoms with van der Waals surface area (Å²) in [5.74, 6) is 0. The number of pyridine rings is 1. The molecule has 6 rings (SSSR count). The molecule has 0 fully saturated rings. The van der Waals surface area contributed by atoms with Gasteiger partial charge >= 0.3 is 0 Å². The number of benzene rings is 3. The monoisotopic (exact) mass is 623 g/mol. The van der Waals surface area contributed by atoms with Crippen molar-refractivity contribution in [2.45, 2.75) is 18.3 Å². The van der Waals surface area contributed by atoms with Crippen LogP contribution in [-0.2, 0) is 38.4 Å². The molecule has 4 heteroatoms. The van der Waals surface area contributed by atoms with Crippen LogP contribution in [0.3, 0.4) is 0 Å². The van der Waals surface area contributed by atoms with Crippen LogP contribution in [-0.4, -0.2) is 33.2 Å². The van der Waals surface area contributed by atoms with Gasteiger partial charge in [0.25, 0.3) is 0 Å². The molecule has 1 heterocycles. The second-order valence-electron chi connectivity index (χ2n) is 9.80. The predicted octanol–water partition coefficient (Wildman–Crippen LogP) is 5.74. The van der Waals surface area contributed by atoms with Gasteiger partial charge in [0.2, 0.25) is 0 Å². The summed E-state index contributed by atoms with van der Waals surface area (Å²) in [5, 5.41) is 0. The topological polar surface area (TPSA) is 19.4 Å². The van der Waals surface area contributed by atoms with E-state index in [4.69, 9.17) is 0 Å². The molecule has 173 valence electrons. The maximum absolute atomic E-state index is 4.56. The third kappa shape index (κ3) is 3.40. The molecule has 0 bridgehead atoms. The minimum atomic E-state index is -0.0401. The normalized spacial score (nSPS) is 14.2. The van der Waals surface area contributed by atoms with E-state index in [0.717, 1.165) is 24.1 Å². The van der Waals surface area contributed by atoms with Crippen molar-refractivity contribution in [3.8, 4) is 22.4 Å². The van der Waals surface area contributed by atoms with Gasteiger partial charge in [-0.2, -0.15) is 0 Å². The van der Waals surface area contributed by atoms with E-state index in [9.17, 15) is 0 Å². The van der Waals surface area contributed by atoms with E-state index in [2.05, 4.69) is 104 Å². The summed E-state index contributed by atoms with van der Waals surface area (Å²) in [7, 11) is 8.49. The number of hydrogen-bond acceptors (Lipinski definition) is 3. The van der Waals surface area contributed by atoms with Crippen LogP contribution in [0.15, 0.2) is 72.9 Å². The number of fused-ring (bicyclic) bond motifs is 6. The average molecular weight is 623 g/mol. The Kier molecular flexibility index (Phi) is 5.62. The zero-order chi connectivity index (χ0) is 22.7. The molecule has 1 aromatic heterocycles. The van der Waals surface area contributed by atoms with Gasteiger partial charge in [-0.15, -0.1) is 34.9 Å². The summed E-state index contributed by atoms with van der Waals surface area (Å²) in [6.07, 6.45) is 3.87. The fourth-order valence-corrected chi connectivity index (χ4v) is 5.69. The Balaban J connectivity index is 0.00000241. The molecule has 2 aliphatic rings. The molecule has 34 heavy (non-hydrogen) atoms. The van der Waals surface area contributed by atoms with Crippen LogP contribution in [0.25, 0.3) is 22.4 Å². The second-order valence-corrected chi connectivity index (χ2v) is 9.80. The van der Waals surface area contributed by atoms with E-state index in [1.54, 1.807) is 0 Å². The van der Waals surface area contributed by atoms with Gasteiger partial charge in [0, 0.05) is 71.3 Å². The van der Waals surface area contributed by atoms with Gasteiger partial charge in [-0.1, -0.05) is 24.3 Å². The summed E-state index contributed by atoms with van der Waals surface area (Å²) in [4.78, 5) is 8.97. The molecule has 4 aromatic rings. The summed E-state index contributed by atoms with van der Waals surface area (Å²) >= 11 is 0. The standard InChI is InChI=1S/C30H28N3.Ir/c1-32(2)23-10-12-25-26-13-11-24(33(3)4)17-28(26)30(27(25)16-23)18-21-9-8-20(15-22(21)19-30)29-7-5-6-14-31-29;/h5-7,9-17H,18-19H2,1-4H3;/q-1;. The van der Waals surface area contributed by atoms with Gasteiger partial charge in [0.15, 0.2) is 0 Å². The molecule has 0 N–H and O–H groups in total. The van der Waals surface area contributed by atoms with E-state index in [1.807, 2.05) is 18.3 Å². The molecule has 0 aliphatic heterocycles. The van der Waals surface area contributed by atoms with Gasteiger partial charge < -0.3 is 14.8 Å². The molecular formula is C30H28IrN3-. The summed E-state index contributed by atoms with van der Waals surface area (Å²) in [6.45, 7) is 0. The van der Waals surface area contributed by atoms with E-state index in [-0.39, 0.29) is 25.5 Å². The first-order chi connectivity index (χ1) is 16.0. The Hall–Kier alpha value is -2.94. The molecule has 0 atom stereocenters. The summed E-state index contributed by atoms with van der Waals surface area (Å²) in [6, 6.07) is 28.1. The van der Waals surface area contributed by atoms with Crippen LogP contribution < -0.4 is 9.80 Å². The Bertz CT molecular complexity index is 1320. The number of anilines is 2. The number of nitrogens with zero attached hydrogens (tertiary/aromatic N) is 3. The number of rotatable bonds is 3.